The Morgan fingerprint density at radius 1 is 0.857 bits per heavy atom. The lowest BCUT2D eigenvalue weighted by atomic mass is 9.99. The van der Waals surface area contributed by atoms with Crippen LogP contribution in [0.1, 0.15) is 11.1 Å². The molecule has 0 radical (unpaired) electrons. The maximum absolute atomic E-state index is 3.60. The molecule has 0 saturated carbocycles. The fourth-order valence-corrected chi connectivity index (χ4v) is 2.45. The van der Waals surface area contributed by atoms with Crippen LogP contribution in [0.25, 0.3) is 6.08 Å². The van der Waals surface area contributed by atoms with Crippen molar-refractivity contribution in [3.05, 3.63) is 102 Å². The van der Waals surface area contributed by atoms with Gasteiger partial charge in [-0.3, -0.25) is 0 Å². The van der Waals surface area contributed by atoms with Crippen molar-refractivity contribution in [3.63, 3.8) is 0 Å². The van der Waals surface area contributed by atoms with Crippen LogP contribution < -0.4 is 5.32 Å². The van der Waals surface area contributed by atoms with Gasteiger partial charge in [-0.1, -0.05) is 85.0 Å². The number of benzene rings is 2. The zero-order valence-corrected chi connectivity index (χ0v) is 11.9. The molecule has 0 heterocycles. The summed E-state index contributed by atoms with van der Waals surface area (Å²) in [5, 5.41) is 3.60. The third-order valence-corrected chi connectivity index (χ3v) is 3.56. The zero-order chi connectivity index (χ0) is 14.3. The van der Waals surface area contributed by atoms with Crippen LogP contribution >= 0.6 is 0 Å². The van der Waals surface area contributed by atoms with Gasteiger partial charge in [0.2, 0.25) is 0 Å². The van der Waals surface area contributed by atoms with Gasteiger partial charge < -0.3 is 5.32 Å². The number of nitrogens with one attached hydrogen (secondary N) is 1. The van der Waals surface area contributed by atoms with Crippen LogP contribution in [0, 0.1) is 0 Å². The molecule has 1 unspecified atom stereocenters. The van der Waals surface area contributed by atoms with E-state index in [-0.39, 0.29) is 6.04 Å². The van der Waals surface area contributed by atoms with Gasteiger partial charge in [-0.15, -0.1) is 0 Å². The minimum Gasteiger partial charge on any atom is -0.303 e. The smallest absolute Gasteiger partial charge is 0.0512 e. The molecule has 1 nitrogen and oxygen atoms in total. The van der Waals surface area contributed by atoms with Crippen LogP contribution in [0.15, 0.2) is 90.5 Å². The fourth-order valence-electron chi connectivity index (χ4n) is 2.45. The third-order valence-electron chi connectivity index (χ3n) is 3.56. The molecule has 21 heavy (non-hydrogen) atoms. The van der Waals surface area contributed by atoms with Gasteiger partial charge in [-0.25, -0.2) is 0 Å². The lowest BCUT2D eigenvalue weighted by molar-refractivity contribution is 0.660. The van der Waals surface area contributed by atoms with E-state index in [2.05, 4.69) is 84.2 Å². The van der Waals surface area contributed by atoms with E-state index in [0.717, 1.165) is 6.54 Å². The summed E-state index contributed by atoms with van der Waals surface area (Å²) in [5.74, 6) is 0. The normalized spacial score (nSPS) is 19.0. The van der Waals surface area contributed by atoms with E-state index in [0.29, 0.717) is 0 Å². The lowest BCUT2D eigenvalue weighted by Gasteiger charge is -2.19. The molecule has 0 fully saturated rings. The molecule has 3 rings (SSSR count). The quantitative estimate of drug-likeness (QED) is 0.873. The first-order valence-electron chi connectivity index (χ1n) is 7.31. The molecule has 0 saturated heterocycles. The minimum atomic E-state index is 0.260. The van der Waals surface area contributed by atoms with E-state index in [1.807, 2.05) is 12.1 Å². The van der Waals surface area contributed by atoms with E-state index >= 15 is 0 Å². The first kappa shape index (κ1) is 13.6. The van der Waals surface area contributed by atoms with Gasteiger partial charge in [0.05, 0.1) is 6.04 Å². The molecular formula is C20H19N. The van der Waals surface area contributed by atoms with Crippen molar-refractivity contribution < 1.29 is 0 Å². The number of hydrogen-bond donors (Lipinski definition) is 1. The van der Waals surface area contributed by atoms with Crippen molar-refractivity contribution in [1.29, 1.82) is 0 Å². The Bertz CT molecular complexity index is 651. The Kier molecular flexibility index (Phi) is 4.45. The molecule has 1 heteroatoms. The van der Waals surface area contributed by atoms with Crippen LogP contribution in [0.5, 0.6) is 0 Å². The van der Waals surface area contributed by atoms with Gasteiger partial charge in [-0.2, -0.15) is 0 Å². The Hall–Kier alpha value is -2.38. The second-order valence-electron chi connectivity index (χ2n) is 5.14. The highest BCUT2D eigenvalue weighted by molar-refractivity contribution is 5.59. The Balaban J connectivity index is 1.72. The van der Waals surface area contributed by atoms with Gasteiger partial charge in [0.25, 0.3) is 0 Å². The molecule has 0 aliphatic heterocycles. The molecule has 0 amide bonds. The van der Waals surface area contributed by atoms with Gasteiger partial charge in [0, 0.05) is 6.54 Å². The molecular weight excluding hydrogens is 254 g/mol. The highest BCUT2D eigenvalue weighted by Crippen LogP contribution is 2.16. The van der Waals surface area contributed by atoms with Crippen LogP contribution in [0.2, 0.25) is 0 Å². The molecule has 0 spiro atoms. The zero-order valence-electron chi connectivity index (χ0n) is 11.9. The monoisotopic (exact) mass is 273 g/mol. The molecule has 2 aromatic carbocycles. The molecule has 0 aromatic heterocycles. The highest BCUT2D eigenvalue weighted by atomic mass is 14.9. The second kappa shape index (κ2) is 6.87. The number of rotatable bonds is 4. The average molecular weight is 273 g/mol. The largest absolute Gasteiger partial charge is 0.303 e. The van der Waals surface area contributed by atoms with Crippen LogP contribution in [0.3, 0.4) is 0 Å². The fraction of sp³-hybridized carbons (Fsp3) is 0.100. The molecule has 1 atom stereocenters. The summed E-state index contributed by atoms with van der Waals surface area (Å²) in [6, 6.07) is 21.2. The number of allylic oxidation sites excluding steroid dienone is 2. The maximum atomic E-state index is 3.60. The second-order valence-corrected chi connectivity index (χ2v) is 5.14. The van der Waals surface area contributed by atoms with E-state index < -0.39 is 0 Å². The SMILES string of the molecule is C1=CC(=Cc2ccccc2)C(NCc2ccccc2)C=C1. The predicted octanol–water partition coefficient (Wildman–Crippen LogP) is 4.35. The van der Waals surface area contributed by atoms with Gasteiger partial charge in [-0.05, 0) is 22.8 Å². The van der Waals surface area contributed by atoms with Crippen molar-refractivity contribution in [2.45, 2.75) is 12.6 Å². The maximum Gasteiger partial charge on any atom is 0.0512 e. The molecule has 104 valence electrons. The average Bonchev–Trinajstić information content (AvgIpc) is 2.56. The van der Waals surface area contributed by atoms with Crippen molar-refractivity contribution in [1.82, 2.24) is 5.32 Å². The molecule has 1 aliphatic rings. The van der Waals surface area contributed by atoms with Gasteiger partial charge in [0.15, 0.2) is 0 Å². The Morgan fingerprint density at radius 3 is 2.33 bits per heavy atom. The summed E-state index contributed by atoms with van der Waals surface area (Å²) in [6.07, 6.45) is 10.8. The Labute approximate surface area is 126 Å². The summed E-state index contributed by atoms with van der Waals surface area (Å²) in [4.78, 5) is 0. The van der Waals surface area contributed by atoms with Gasteiger partial charge >= 0.3 is 0 Å². The first-order valence-corrected chi connectivity index (χ1v) is 7.31. The van der Waals surface area contributed by atoms with E-state index in [9.17, 15) is 0 Å². The van der Waals surface area contributed by atoms with Crippen molar-refractivity contribution in [2.75, 3.05) is 0 Å². The minimum absolute atomic E-state index is 0.260. The van der Waals surface area contributed by atoms with Crippen molar-refractivity contribution in [3.8, 4) is 0 Å². The third kappa shape index (κ3) is 3.80. The summed E-state index contributed by atoms with van der Waals surface area (Å²) in [7, 11) is 0. The van der Waals surface area contributed by atoms with Crippen LogP contribution in [0.4, 0.5) is 0 Å². The highest BCUT2D eigenvalue weighted by Gasteiger charge is 2.10. The molecule has 2 aromatic rings. The summed E-state index contributed by atoms with van der Waals surface area (Å²) >= 11 is 0. The predicted molar refractivity (Wildman–Crippen MR) is 89.8 cm³/mol. The molecule has 1 aliphatic carbocycles. The molecule has 1 N–H and O–H groups in total. The summed E-state index contributed by atoms with van der Waals surface area (Å²) in [5.41, 5.74) is 3.83. The van der Waals surface area contributed by atoms with E-state index in [1.54, 1.807) is 0 Å². The topological polar surface area (TPSA) is 12.0 Å². The van der Waals surface area contributed by atoms with E-state index in [1.165, 1.54) is 16.7 Å². The standard InChI is InChI=1S/C20H19N/c1-3-9-17(10-4-1)15-19-13-7-8-14-20(19)21-16-18-11-5-2-6-12-18/h1-15,20-21H,16H2. The van der Waals surface area contributed by atoms with Crippen molar-refractivity contribution in [2.24, 2.45) is 0 Å². The van der Waals surface area contributed by atoms with E-state index in [4.69, 9.17) is 0 Å². The van der Waals surface area contributed by atoms with Gasteiger partial charge in [0.1, 0.15) is 0 Å². The summed E-state index contributed by atoms with van der Waals surface area (Å²) in [6.45, 7) is 0.871. The number of hydrogen-bond acceptors (Lipinski definition) is 1. The first-order chi connectivity index (χ1) is 10.4. The van der Waals surface area contributed by atoms with Crippen molar-refractivity contribution >= 4 is 6.08 Å². The lowest BCUT2D eigenvalue weighted by Crippen LogP contribution is -2.28. The summed E-state index contributed by atoms with van der Waals surface area (Å²) < 4.78 is 0. The van der Waals surface area contributed by atoms with Crippen LogP contribution in [-0.4, -0.2) is 6.04 Å². The Morgan fingerprint density at radius 2 is 1.57 bits per heavy atom. The van der Waals surface area contributed by atoms with Crippen LogP contribution in [-0.2, 0) is 6.54 Å². The molecule has 0 bridgehead atoms.